The van der Waals surface area contributed by atoms with E-state index < -0.39 is 0 Å². The SMILES string of the molecule is CCNC(=NCC1(c2ccccc2Br)CC1)NCCC(=O)N(C)C.I. The Morgan fingerprint density at radius 3 is 2.52 bits per heavy atom. The first-order valence-corrected chi connectivity index (χ1v) is 9.25. The molecule has 0 spiro atoms. The van der Waals surface area contributed by atoms with Gasteiger partial charge in [0.05, 0.1) is 6.54 Å². The van der Waals surface area contributed by atoms with Crippen molar-refractivity contribution in [3.05, 3.63) is 34.3 Å². The van der Waals surface area contributed by atoms with E-state index in [1.807, 2.05) is 13.0 Å². The van der Waals surface area contributed by atoms with E-state index in [9.17, 15) is 4.79 Å². The molecule has 0 heterocycles. The van der Waals surface area contributed by atoms with Gasteiger partial charge < -0.3 is 15.5 Å². The van der Waals surface area contributed by atoms with Crippen LogP contribution in [0.3, 0.4) is 0 Å². The molecular weight excluding hydrogens is 495 g/mol. The Bertz CT molecular complexity index is 602. The van der Waals surface area contributed by atoms with Gasteiger partial charge in [-0.25, -0.2) is 0 Å². The molecule has 0 unspecified atom stereocenters. The van der Waals surface area contributed by atoms with Crippen molar-refractivity contribution in [1.82, 2.24) is 15.5 Å². The lowest BCUT2D eigenvalue weighted by Crippen LogP contribution is -2.39. The number of rotatable bonds is 7. The summed E-state index contributed by atoms with van der Waals surface area (Å²) in [5.74, 6) is 0.896. The summed E-state index contributed by atoms with van der Waals surface area (Å²) in [6, 6.07) is 8.40. The van der Waals surface area contributed by atoms with Crippen LogP contribution in [0.1, 0.15) is 31.7 Å². The lowest BCUT2D eigenvalue weighted by atomic mass is 9.96. The number of guanidine groups is 1. The molecular formula is C18H28BrIN4O. The van der Waals surface area contributed by atoms with E-state index in [1.54, 1.807) is 19.0 Å². The highest BCUT2D eigenvalue weighted by atomic mass is 127. The zero-order chi connectivity index (χ0) is 17.6. The van der Waals surface area contributed by atoms with Gasteiger partial charge in [0.15, 0.2) is 5.96 Å². The second-order valence-electron chi connectivity index (χ2n) is 6.42. The summed E-state index contributed by atoms with van der Waals surface area (Å²) in [6.07, 6.45) is 2.79. The largest absolute Gasteiger partial charge is 0.357 e. The van der Waals surface area contributed by atoms with Gasteiger partial charge in [0, 0.05) is 43.5 Å². The number of carbonyl (C=O) groups excluding carboxylic acids is 1. The van der Waals surface area contributed by atoms with Crippen molar-refractivity contribution < 1.29 is 4.79 Å². The molecule has 0 aliphatic heterocycles. The van der Waals surface area contributed by atoms with Gasteiger partial charge in [-0.2, -0.15) is 0 Å². The molecule has 25 heavy (non-hydrogen) atoms. The number of aliphatic imine (C=N–C) groups is 1. The number of benzene rings is 1. The highest BCUT2D eigenvalue weighted by Crippen LogP contribution is 2.50. The average molecular weight is 523 g/mol. The number of nitrogens with zero attached hydrogens (tertiary/aromatic N) is 2. The van der Waals surface area contributed by atoms with Crippen molar-refractivity contribution in [1.29, 1.82) is 0 Å². The molecule has 1 fully saturated rings. The van der Waals surface area contributed by atoms with Crippen molar-refractivity contribution >= 4 is 51.8 Å². The maximum Gasteiger partial charge on any atom is 0.223 e. The van der Waals surface area contributed by atoms with Crippen molar-refractivity contribution in [3.63, 3.8) is 0 Å². The fourth-order valence-corrected chi connectivity index (χ4v) is 3.34. The second-order valence-corrected chi connectivity index (χ2v) is 7.27. The number of hydrogen-bond acceptors (Lipinski definition) is 2. The summed E-state index contributed by atoms with van der Waals surface area (Å²) < 4.78 is 1.16. The van der Waals surface area contributed by atoms with E-state index in [1.165, 1.54) is 5.56 Å². The number of halogens is 2. The fourth-order valence-electron chi connectivity index (χ4n) is 2.64. The molecule has 5 nitrogen and oxygen atoms in total. The van der Waals surface area contributed by atoms with Crippen molar-refractivity contribution in [3.8, 4) is 0 Å². The quantitative estimate of drug-likeness (QED) is 0.328. The van der Waals surface area contributed by atoms with E-state index in [4.69, 9.17) is 4.99 Å². The molecule has 140 valence electrons. The van der Waals surface area contributed by atoms with E-state index in [-0.39, 0.29) is 35.3 Å². The maximum absolute atomic E-state index is 11.7. The van der Waals surface area contributed by atoms with Crippen LogP contribution in [0.2, 0.25) is 0 Å². The molecule has 1 aromatic rings. The van der Waals surface area contributed by atoms with Crippen molar-refractivity contribution in [2.75, 3.05) is 33.7 Å². The van der Waals surface area contributed by atoms with Crippen molar-refractivity contribution in [2.45, 2.75) is 31.6 Å². The third-order valence-corrected chi connectivity index (χ3v) is 5.00. The van der Waals surface area contributed by atoms with E-state index >= 15 is 0 Å². The minimum atomic E-state index is 0. The van der Waals surface area contributed by atoms with Crippen LogP contribution in [-0.4, -0.2) is 50.5 Å². The predicted octanol–water partition coefficient (Wildman–Crippen LogP) is 3.13. The van der Waals surface area contributed by atoms with Crippen LogP contribution in [0.15, 0.2) is 33.7 Å². The van der Waals surface area contributed by atoms with Crippen LogP contribution in [0.25, 0.3) is 0 Å². The Balaban J connectivity index is 0.00000312. The smallest absolute Gasteiger partial charge is 0.223 e. The first-order chi connectivity index (χ1) is 11.5. The maximum atomic E-state index is 11.7. The van der Waals surface area contributed by atoms with Gasteiger partial charge >= 0.3 is 0 Å². The van der Waals surface area contributed by atoms with Crippen LogP contribution < -0.4 is 10.6 Å². The molecule has 1 amide bonds. The molecule has 2 rings (SSSR count). The molecule has 0 radical (unpaired) electrons. The van der Waals surface area contributed by atoms with Gasteiger partial charge in [-0.15, -0.1) is 24.0 Å². The first kappa shape index (κ1) is 22.2. The second kappa shape index (κ2) is 10.4. The number of nitrogens with one attached hydrogen (secondary N) is 2. The van der Waals surface area contributed by atoms with Gasteiger partial charge in [0.2, 0.25) is 5.91 Å². The number of carbonyl (C=O) groups is 1. The zero-order valence-corrected chi connectivity index (χ0v) is 19.1. The summed E-state index contributed by atoms with van der Waals surface area (Å²) in [6.45, 7) is 4.19. The lowest BCUT2D eigenvalue weighted by Gasteiger charge is -2.17. The van der Waals surface area contributed by atoms with E-state index in [2.05, 4.69) is 44.8 Å². The van der Waals surface area contributed by atoms with Gasteiger partial charge in [-0.05, 0) is 31.4 Å². The third-order valence-electron chi connectivity index (χ3n) is 4.31. The molecule has 0 saturated heterocycles. The van der Waals surface area contributed by atoms with Crippen molar-refractivity contribution in [2.24, 2.45) is 4.99 Å². The van der Waals surface area contributed by atoms with Crippen LogP contribution in [0.4, 0.5) is 0 Å². The minimum absolute atomic E-state index is 0. The highest BCUT2D eigenvalue weighted by molar-refractivity contribution is 14.0. The van der Waals surface area contributed by atoms with Gasteiger partial charge in [0.1, 0.15) is 0 Å². The van der Waals surface area contributed by atoms with Gasteiger partial charge in [-0.1, -0.05) is 34.1 Å². The summed E-state index contributed by atoms with van der Waals surface area (Å²) in [7, 11) is 3.55. The lowest BCUT2D eigenvalue weighted by molar-refractivity contribution is -0.128. The van der Waals surface area contributed by atoms with E-state index in [0.717, 1.165) is 36.4 Å². The van der Waals surface area contributed by atoms with Crippen LogP contribution >= 0.6 is 39.9 Å². The molecule has 1 aliphatic carbocycles. The Hall–Kier alpha value is -0.830. The molecule has 0 atom stereocenters. The Morgan fingerprint density at radius 1 is 1.28 bits per heavy atom. The molecule has 0 bridgehead atoms. The Kier molecular flexibility index (Phi) is 9.20. The molecule has 1 aliphatic rings. The monoisotopic (exact) mass is 522 g/mol. The topological polar surface area (TPSA) is 56.7 Å². The van der Waals surface area contributed by atoms with Crippen LogP contribution in [-0.2, 0) is 10.2 Å². The Morgan fingerprint density at radius 2 is 1.96 bits per heavy atom. The summed E-state index contributed by atoms with van der Waals surface area (Å²) in [5.41, 5.74) is 1.49. The van der Waals surface area contributed by atoms with Crippen LogP contribution in [0.5, 0.6) is 0 Å². The number of amides is 1. The molecule has 7 heteroatoms. The average Bonchev–Trinajstić information content (AvgIpc) is 3.33. The molecule has 0 aromatic heterocycles. The van der Waals surface area contributed by atoms with Gasteiger partial charge in [-0.3, -0.25) is 9.79 Å². The summed E-state index contributed by atoms with van der Waals surface area (Å²) in [5, 5.41) is 6.51. The minimum Gasteiger partial charge on any atom is -0.357 e. The molecule has 1 saturated carbocycles. The highest BCUT2D eigenvalue weighted by Gasteiger charge is 2.45. The normalized spacial score (nSPS) is 15.1. The molecule has 1 aromatic carbocycles. The van der Waals surface area contributed by atoms with Gasteiger partial charge in [0.25, 0.3) is 0 Å². The van der Waals surface area contributed by atoms with E-state index in [0.29, 0.717) is 13.0 Å². The zero-order valence-electron chi connectivity index (χ0n) is 15.1. The third kappa shape index (κ3) is 6.44. The predicted molar refractivity (Wildman–Crippen MR) is 118 cm³/mol. The summed E-state index contributed by atoms with van der Waals surface area (Å²) >= 11 is 3.66. The number of hydrogen-bond donors (Lipinski definition) is 2. The molecule has 2 N–H and O–H groups in total. The first-order valence-electron chi connectivity index (χ1n) is 8.46. The summed E-state index contributed by atoms with van der Waals surface area (Å²) in [4.78, 5) is 18.0. The Labute approximate surface area is 176 Å². The van der Waals surface area contributed by atoms with Crippen LogP contribution in [0, 0.1) is 0 Å². The fraction of sp³-hybridized carbons (Fsp3) is 0.556. The standard InChI is InChI=1S/C18H27BrN4O.HI/c1-4-20-17(21-12-9-16(24)23(2)3)22-13-18(10-11-18)14-7-5-6-8-15(14)19;/h5-8H,4,9-13H2,1-3H3,(H2,20,21,22);1H.